The van der Waals surface area contributed by atoms with Gasteiger partial charge in [-0.15, -0.1) is 0 Å². The predicted molar refractivity (Wildman–Crippen MR) is 98.8 cm³/mol. The van der Waals surface area contributed by atoms with E-state index in [2.05, 4.69) is 5.32 Å². The molecule has 0 aliphatic carbocycles. The van der Waals surface area contributed by atoms with Gasteiger partial charge in [-0.25, -0.2) is 8.42 Å². The Morgan fingerprint density at radius 2 is 2.08 bits per heavy atom. The first-order valence-electron chi connectivity index (χ1n) is 7.93. The van der Waals surface area contributed by atoms with Crippen molar-refractivity contribution >= 4 is 32.8 Å². The van der Waals surface area contributed by atoms with Gasteiger partial charge in [-0.2, -0.15) is 0 Å². The number of ether oxygens (including phenoxy) is 1. The maximum atomic E-state index is 11.9. The molecule has 1 unspecified atom stereocenters. The first-order chi connectivity index (χ1) is 12.3. The molecule has 0 fully saturated rings. The van der Waals surface area contributed by atoms with Crippen LogP contribution in [0.2, 0.25) is 5.02 Å². The Morgan fingerprint density at radius 1 is 1.31 bits per heavy atom. The number of sulfone groups is 1. The number of nitro groups is 1. The van der Waals surface area contributed by atoms with Crippen molar-refractivity contribution in [3.8, 4) is 5.75 Å². The number of rotatable bonds is 4. The minimum absolute atomic E-state index is 0.153. The number of nitro benzene ring substituents is 1. The van der Waals surface area contributed by atoms with Crippen molar-refractivity contribution in [1.29, 1.82) is 0 Å². The van der Waals surface area contributed by atoms with Crippen LogP contribution in [0, 0.1) is 10.1 Å². The van der Waals surface area contributed by atoms with Crippen LogP contribution in [0.25, 0.3) is 0 Å². The fourth-order valence-corrected chi connectivity index (χ4v) is 4.07. The Hall–Kier alpha value is -2.32. The van der Waals surface area contributed by atoms with Crippen molar-refractivity contribution in [1.82, 2.24) is 0 Å². The van der Waals surface area contributed by atoms with E-state index >= 15 is 0 Å². The van der Waals surface area contributed by atoms with E-state index in [1.807, 2.05) is 12.1 Å². The molecular weight excluding hydrogens is 380 g/mol. The number of benzene rings is 2. The molecule has 0 spiro atoms. The molecule has 9 heteroatoms. The summed E-state index contributed by atoms with van der Waals surface area (Å²) in [7, 11) is -3.74. The second-order valence-corrected chi connectivity index (χ2v) is 8.45. The number of para-hydroxylation sites is 1. The van der Waals surface area contributed by atoms with E-state index in [0.29, 0.717) is 23.1 Å². The molecule has 0 aromatic heterocycles. The van der Waals surface area contributed by atoms with Crippen LogP contribution in [-0.4, -0.2) is 26.2 Å². The van der Waals surface area contributed by atoms with Crippen LogP contribution in [0.15, 0.2) is 41.3 Å². The van der Waals surface area contributed by atoms with Crippen LogP contribution in [0.1, 0.15) is 24.4 Å². The third kappa shape index (κ3) is 3.76. The number of halogens is 1. The molecule has 0 amide bonds. The zero-order valence-electron chi connectivity index (χ0n) is 13.9. The van der Waals surface area contributed by atoms with E-state index < -0.39 is 20.4 Å². The predicted octanol–water partition coefficient (Wildman–Crippen LogP) is 3.98. The number of hydrogen-bond donors (Lipinski definition) is 1. The van der Waals surface area contributed by atoms with Crippen molar-refractivity contribution < 1.29 is 18.1 Å². The molecule has 7 nitrogen and oxygen atoms in total. The summed E-state index contributed by atoms with van der Waals surface area (Å²) in [4.78, 5) is 10.1. The molecule has 1 heterocycles. The van der Waals surface area contributed by atoms with Crippen molar-refractivity contribution in [2.45, 2.75) is 23.8 Å². The molecule has 0 bridgehead atoms. The van der Waals surface area contributed by atoms with Gasteiger partial charge in [-0.05, 0) is 31.0 Å². The summed E-state index contributed by atoms with van der Waals surface area (Å²) in [6, 6.07) is 9.31. The van der Waals surface area contributed by atoms with Crippen molar-refractivity contribution in [3.63, 3.8) is 0 Å². The largest absolute Gasteiger partial charge is 0.492 e. The van der Waals surface area contributed by atoms with Gasteiger partial charge in [0.2, 0.25) is 0 Å². The normalized spacial score (nSPS) is 16.9. The first kappa shape index (κ1) is 18.5. The lowest BCUT2D eigenvalue weighted by atomic mass is 10.0. The van der Waals surface area contributed by atoms with E-state index in [4.69, 9.17) is 16.3 Å². The summed E-state index contributed by atoms with van der Waals surface area (Å²) < 4.78 is 29.6. The smallest absolute Gasteiger partial charge is 0.288 e. The van der Waals surface area contributed by atoms with Gasteiger partial charge in [-0.1, -0.05) is 23.7 Å². The van der Waals surface area contributed by atoms with Gasteiger partial charge in [0.25, 0.3) is 5.69 Å². The molecule has 1 N–H and O–H groups in total. The maximum Gasteiger partial charge on any atom is 0.288 e. The fraction of sp³-hybridized carbons (Fsp3) is 0.294. The quantitative estimate of drug-likeness (QED) is 0.620. The Balaban J connectivity index is 2.00. The Bertz CT molecular complexity index is 962. The molecule has 0 saturated heterocycles. The second-order valence-electron chi connectivity index (χ2n) is 6.06. The summed E-state index contributed by atoms with van der Waals surface area (Å²) >= 11 is 6.22. The average molecular weight is 397 g/mol. The fourth-order valence-electron chi connectivity index (χ4n) is 2.97. The van der Waals surface area contributed by atoms with Gasteiger partial charge in [0.15, 0.2) is 9.84 Å². The lowest BCUT2D eigenvalue weighted by Crippen LogP contribution is -2.11. The van der Waals surface area contributed by atoms with Crippen molar-refractivity contribution in [2.24, 2.45) is 0 Å². The highest BCUT2D eigenvalue weighted by atomic mass is 35.5. The average Bonchev–Trinajstić information content (AvgIpc) is 2.77. The van der Waals surface area contributed by atoms with Crippen LogP contribution >= 0.6 is 11.6 Å². The minimum Gasteiger partial charge on any atom is -0.492 e. The molecule has 1 aliphatic heterocycles. The minimum atomic E-state index is -3.74. The Kier molecular flexibility index (Phi) is 5.06. The lowest BCUT2D eigenvalue weighted by molar-refractivity contribution is -0.387. The van der Waals surface area contributed by atoms with Gasteiger partial charge in [0.1, 0.15) is 10.6 Å². The van der Waals surface area contributed by atoms with Crippen molar-refractivity contribution in [3.05, 3.63) is 57.1 Å². The first-order valence-corrected chi connectivity index (χ1v) is 10.2. The molecule has 0 radical (unpaired) electrons. The zero-order chi connectivity index (χ0) is 18.9. The van der Waals surface area contributed by atoms with Gasteiger partial charge < -0.3 is 10.1 Å². The number of hydrogen-bond acceptors (Lipinski definition) is 6. The standard InChI is InChI=1S/C17H17ClN2O5S/c1-26(23,24)16-10-11(7-8-15(16)20(21)22)19-14-6-3-9-25-17-12(14)4-2-5-13(17)18/h2,4-5,7-8,10,14,19H,3,6,9H2,1H3. The summed E-state index contributed by atoms with van der Waals surface area (Å²) in [5, 5.41) is 14.9. The summed E-state index contributed by atoms with van der Waals surface area (Å²) in [5.41, 5.74) is 0.911. The third-order valence-electron chi connectivity index (χ3n) is 4.15. The molecule has 2 aromatic carbocycles. The number of nitrogens with one attached hydrogen (secondary N) is 1. The molecule has 3 rings (SSSR count). The van der Waals surface area contributed by atoms with E-state index in [1.54, 1.807) is 6.07 Å². The topological polar surface area (TPSA) is 98.5 Å². The molecule has 1 aliphatic rings. The lowest BCUT2D eigenvalue weighted by Gasteiger charge is -2.20. The highest BCUT2D eigenvalue weighted by Crippen LogP contribution is 2.39. The Morgan fingerprint density at radius 3 is 2.77 bits per heavy atom. The number of fused-ring (bicyclic) bond motifs is 1. The monoisotopic (exact) mass is 396 g/mol. The number of nitrogens with zero attached hydrogens (tertiary/aromatic N) is 1. The second kappa shape index (κ2) is 7.13. The summed E-state index contributed by atoms with van der Waals surface area (Å²) in [6.07, 6.45) is 2.49. The van der Waals surface area contributed by atoms with Crippen LogP contribution in [-0.2, 0) is 9.84 Å². The Labute approximate surface area is 156 Å². The third-order valence-corrected chi connectivity index (χ3v) is 5.58. The molecule has 1 atom stereocenters. The van der Waals surface area contributed by atoms with E-state index in [9.17, 15) is 18.5 Å². The number of anilines is 1. The van der Waals surface area contributed by atoms with Gasteiger partial charge >= 0.3 is 0 Å². The van der Waals surface area contributed by atoms with Crippen LogP contribution in [0.3, 0.4) is 0 Å². The van der Waals surface area contributed by atoms with Crippen molar-refractivity contribution in [2.75, 3.05) is 18.2 Å². The van der Waals surface area contributed by atoms with E-state index in [-0.39, 0.29) is 10.9 Å². The molecule has 2 aromatic rings. The summed E-state index contributed by atoms with van der Waals surface area (Å²) in [6.45, 7) is 0.532. The highest BCUT2D eigenvalue weighted by molar-refractivity contribution is 7.90. The van der Waals surface area contributed by atoms with Crippen LogP contribution in [0.5, 0.6) is 5.75 Å². The molecule has 26 heavy (non-hydrogen) atoms. The van der Waals surface area contributed by atoms with Crippen LogP contribution < -0.4 is 10.1 Å². The van der Waals surface area contributed by atoms with Gasteiger partial charge in [0, 0.05) is 23.6 Å². The molecular formula is C17H17ClN2O5S. The van der Waals surface area contributed by atoms with Gasteiger partial charge in [-0.3, -0.25) is 10.1 Å². The molecule has 0 saturated carbocycles. The maximum absolute atomic E-state index is 11.9. The van der Waals surface area contributed by atoms with Gasteiger partial charge in [0.05, 0.1) is 22.6 Å². The molecule has 138 valence electrons. The van der Waals surface area contributed by atoms with Crippen LogP contribution in [0.4, 0.5) is 11.4 Å². The highest BCUT2D eigenvalue weighted by Gasteiger charge is 2.25. The van der Waals surface area contributed by atoms with E-state index in [1.165, 1.54) is 18.2 Å². The zero-order valence-corrected chi connectivity index (χ0v) is 15.5. The van der Waals surface area contributed by atoms with E-state index in [0.717, 1.165) is 24.7 Å². The summed E-state index contributed by atoms with van der Waals surface area (Å²) in [5.74, 6) is 0.606. The SMILES string of the molecule is CS(=O)(=O)c1cc(NC2CCCOc3c(Cl)cccc32)ccc1[N+](=O)[O-].